The zero-order valence-corrected chi connectivity index (χ0v) is 19.4. The molecule has 0 aliphatic carbocycles. The molecule has 1 saturated heterocycles. The summed E-state index contributed by atoms with van der Waals surface area (Å²) in [6.45, 7) is 5.28. The van der Waals surface area contributed by atoms with Crippen molar-refractivity contribution in [3.8, 4) is 0 Å². The molecule has 1 amide bonds. The summed E-state index contributed by atoms with van der Waals surface area (Å²) in [7, 11) is 0. The van der Waals surface area contributed by atoms with Gasteiger partial charge in [0.05, 0.1) is 16.3 Å². The van der Waals surface area contributed by atoms with Gasteiger partial charge in [0.25, 0.3) is 11.5 Å². The van der Waals surface area contributed by atoms with E-state index in [1.807, 2.05) is 17.6 Å². The molecule has 4 heterocycles. The minimum absolute atomic E-state index is 0.0129. The van der Waals surface area contributed by atoms with E-state index >= 15 is 0 Å². The molecule has 6 nitrogen and oxygen atoms in total. The van der Waals surface area contributed by atoms with Crippen LogP contribution in [0.3, 0.4) is 0 Å². The summed E-state index contributed by atoms with van der Waals surface area (Å²) in [5, 5.41) is 3.78. The second-order valence-electron chi connectivity index (χ2n) is 8.91. The minimum Gasteiger partial charge on any atom is -0.349 e. The normalized spacial score (nSPS) is 17.8. The number of fused-ring (bicyclic) bond motifs is 2. The highest BCUT2D eigenvalue weighted by atomic mass is 32.1. The van der Waals surface area contributed by atoms with Crippen molar-refractivity contribution >= 4 is 27.5 Å². The van der Waals surface area contributed by atoms with Crippen LogP contribution in [0.2, 0.25) is 0 Å². The summed E-state index contributed by atoms with van der Waals surface area (Å²) in [5.41, 5.74) is 2.00. The maximum atomic E-state index is 13.2. The molecule has 0 spiro atoms. The summed E-state index contributed by atoms with van der Waals surface area (Å²) in [6, 6.07) is 10.6. The van der Waals surface area contributed by atoms with Crippen LogP contribution < -0.4 is 10.9 Å². The van der Waals surface area contributed by atoms with E-state index in [0.29, 0.717) is 21.6 Å². The van der Waals surface area contributed by atoms with Gasteiger partial charge in [-0.1, -0.05) is 36.8 Å². The van der Waals surface area contributed by atoms with E-state index in [9.17, 15) is 9.59 Å². The number of benzene rings is 1. The van der Waals surface area contributed by atoms with Gasteiger partial charge in [0, 0.05) is 19.5 Å². The van der Waals surface area contributed by atoms with Crippen molar-refractivity contribution in [1.82, 2.24) is 19.8 Å². The first-order valence-corrected chi connectivity index (χ1v) is 12.5. The first-order chi connectivity index (χ1) is 15.6. The highest BCUT2D eigenvalue weighted by Gasteiger charge is 2.26. The number of amides is 1. The maximum absolute atomic E-state index is 13.2. The van der Waals surface area contributed by atoms with Gasteiger partial charge >= 0.3 is 0 Å². The molecule has 1 N–H and O–H groups in total. The van der Waals surface area contributed by atoms with Crippen LogP contribution in [0.1, 0.15) is 64.8 Å². The van der Waals surface area contributed by atoms with Crippen LogP contribution in [0.4, 0.5) is 0 Å². The Morgan fingerprint density at radius 2 is 1.84 bits per heavy atom. The molecule has 0 saturated carbocycles. The summed E-state index contributed by atoms with van der Waals surface area (Å²) >= 11 is 1.36. The predicted molar refractivity (Wildman–Crippen MR) is 128 cm³/mol. The van der Waals surface area contributed by atoms with Crippen molar-refractivity contribution in [2.24, 2.45) is 0 Å². The molecule has 2 aliphatic heterocycles. The van der Waals surface area contributed by atoms with Gasteiger partial charge in [0.1, 0.15) is 10.7 Å². The van der Waals surface area contributed by atoms with E-state index in [4.69, 9.17) is 4.98 Å². The smallest absolute Gasteiger partial charge is 0.262 e. The quantitative estimate of drug-likeness (QED) is 0.637. The van der Waals surface area contributed by atoms with Gasteiger partial charge in [-0.05, 0) is 56.8 Å². The Labute approximate surface area is 192 Å². The number of rotatable bonds is 5. The van der Waals surface area contributed by atoms with Crippen LogP contribution in [0.15, 0.2) is 35.1 Å². The minimum atomic E-state index is -0.106. The van der Waals surface area contributed by atoms with Crippen LogP contribution in [0.25, 0.3) is 10.2 Å². The number of carbonyl (C=O) groups is 1. The number of likely N-dealkylation sites (tertiary alicyclic amines) is 1. The third-order valence-corrected chi connectivity index (χ3v) is 8.02. The molecule has 2 aliphatic rings. The third-order valence-electron chi connectivity index (χ3n) is 6.84. The number of nitrogens with one attached hydrogen (secondary N) is 1. The Morgan fingerprint density at radius 1 is 1.09 bits per heavy atom. The Hall–Kier alpha value is -2.51. The zero-order valence-electron chi connectivity index (χ0n) is 18.6. The Balaban J connectivity index is 1.41. The van der Waals surface area contributed by atoms with E-state index in [0.717, 1.165) is 56.7 Å². The van der Waals surface area contributed by atoms with Crippen LogP contribution in [0, 0.1) is 6.92 Å². The standard InChI is InChI=1S/C25H30N4O2S/c1-17-21-24(27-20-12-6-3-7-15-29(20)25(21)31)32-22(17)23(30)26-16-19(28-13-8-9-14-28)18-10-4-2-5-11-18/h2,4-5,10-11,19H,3,6-9,12-16H2,1H3,(H,26,30). The van der Waals surface area contributed by atoms with Crippen molar-refractivity contribution in [3.05, 3.63) is 62.5 Å². The number of thiophene rings is 1. The molecule has 1 fully saturated rings. The van der Waals surface area contributed by atoms with E-state index in [-0.39, 0.29) is 17.5 Å². The van der Waals surface area contributed by atoms with Gasteiger partial charge in [0.2, 0.25) is 0 Å². The van der Waals surface area contributed by atoms with E-state index in [1.54, 1.807) is 0 Å². The summed E-state index contributed by atoms with van der Waals surface area (Å²) in [4.78, 5) is 35.0. The highest BCUT2D eigenvalue weighted by molar-refractivity contribution is 7.20. The first kappa shape index (κ1) is 21.3. The number of hydrogen-bond acceptors (Lipinski definition) is 5. The Kier molecular flexibility index (Phi) is 6.11. The van der Waals surface area contributed by atoms with Gasteiger partial charge in [-0.3, -0.25) is 19.1 Å². The molecule has 5 rings (SSSR count). The van der Waals surface area contributed by atoms with E-state index in [1.165, 1.54) is 29.7 Å². The predicted octanol–water partition coefficient (Wildman–Crippen LogP) is 4.06. The molecular formula is C25H30N4O2S. The molecule has 1 unspecified atom stereocenters. The molecular weight excluding hydrogens is 420 g/mol. The van der Waals surface area contributed by atoms with Crippen LogP contribution in [-0.4, -0.2) is 40.0 Å². The van der Waals surface area contributed by atoms with Crippen molar-refractivity contribution in [2.75, 3.05) is 19.6 Å². The average molecular weight is 451 g/mol. The van der Waals surface area contributed by atoms with Crippen LogP contribution >= 0.6 is 11.3 Å². The largest absolute Gasteiger partial charge is 0.349 e. The lowest BCUT2D eigenvalue weighted by atomic mass is 10.1. The molecule has 0 radical (unpaired) electrons. The number of aromatic nitrogens is 2. The Morgan fingerprint density at radius 3 is 2.62 bits per heavy atom. The monoisotopic (exact) mass is 450 g/mol. The fraction of sp³-hybridized carbons (Fsp3) is 0.480. The van der Waals surface area contributed by atoms with Gasteiger partial charge in [0.15, 0.2) is 0 Å². The Bertz CT molecular complexity index is 1180. The number of aryl methyl sites for hydroxylation is 2. The summed E-state index contributed by atoms with van der Waals surface area (Å²) in [5.74, 6) is 0.761. The maximum Gasteiger partial charge on any atom is 0.262 e. The fourth-order valence-corrected chi connectivity index (χ4v) is 6.19. The topological polar surface area (TPSA) is 67.2 Å². The lowest BCUT2D eigenvalue weighted by Gasteiger charge is -2.28. The summed E-state index contributed by atoms with van der Waals surface area (Å²) < 4.78 is 1.83. The molecule has 168 valence electrons. The highest BCUT2D eigenvalue weighted by Crippen LogP contribution is 2.29. The molecule has 3 aromatic rings. The molecule has 32 heavy (non-hydrogen) atoms. The number of nitrogens with zero attached hydrogens (tertiary/aromatic N) is 3. The van der Waals surface area contributed by atoms with Gasteiger partial charge in [-0.25, -0.2) is 4.98 Å². The number of hydrogen-bond donors (Lipinski definition) is 1. The van der Waals surface area contributed by atoms with Crippen molar-refractivity contribution in [3.63, 3.8) is 0 Å². The number of carbonyl (C=O) groups excluding carboxylic acids is 1. The molecule has 1 atom stereocenters. The fourth-order valence-electron chi connectivity index (χ4n) is 5.08. The van der Waals surface area contributed by atoms with E-state index < -0.39 is 0 Å². The van der Waals surface area contributed by atoms with Crippen molar-refractivity contribution in [2.45, 2.75) is 58.0 Å². The average Bonchev–Trinajstić information content (AvgIpc) is 3.37. The zero-order chi connectivity index (χ0) is 22.1. The van der Waals surface area contributed by atoms with Crippen LogP contribution in [-0.2, 0) is 13.0 Å². The van der Waals surface area contributed by atoms with Gasteiger partial charge in [-0.15, -0.1) is 11.3 Å². The molecule has 7 heteroatoms. The van der Waals surface area contributed by atoms with Gasteiger partial charge in [-0.2, -0.15) is 0 Å². The van der Waals surface area contributed by atoms with Crippen LogP contribution in [0.5, 0.6) is 0 Å². The van der Waals surface area contributed by atoms with Crippen molar-refractivity contribution in [1.29, 1.82) is 0 Å². The molecule has 1 aromatic carbocycles. The second kappa shape index (κ2) is 9.16. The third kappa shape index (κ3) is 3.99. The van der Waals surface area contributed by atoms with Gasteiger partial charge < -0.3 is 5.32 Å². The lowest BCUT2D eigenvalue weighted by molar-refractivity contribution is 0.0941. The summed E-state index contributed by atoms with van der Waals surface area (Å²) in [6.07, 6.45) is 6.43. The first-order valence-electron chi connectivity index (χ1n) is 11.7. The second-order valence-corrected chi connectivity index (χ2v) is 9.91. The van der Waals surface area contributed by atoms with Crippen molar-refractivity contribution < 1.29 is 4.79 Å². The molecule has 0 bridgehead atoms. The SMILES string of the molecule is Cc1c(C(=O)NCC(c2ccccc2)N2CCCC2)sc2nc3n(c(=O)c12)CCCCC3. The molecule has 2 aromatic heterocycles. The van der Waals surface area contributed by atoms with E-state index in [2.05, 4.69) is 34.5 Å². The lowest BCUT2D eigenvalue weighted by Crippen LogP contribution is -2.36.